The molecule has 232 valence electrons. The minimum absolute atomic E-state index is 0.0629. The summed E-state index contributed by atoms with van der Waals surface area (Å²) < 4.78 is 44.1. The van der Waals surface area contributed by atoms with Gasteiger partial charge in [0, 0.05) is 50.2 Å². The van der Waals surface area contributed by atoms with Crippen molar-refractivity contribution in [2.24, 2.45) is 0 Å². The largest absolute Gasteiger partial charge is 0.522 e. The van der Waals surface area contributed by atoms with Gasteiger partial charge in [-0.05, 0) is 62.2 Å². The number of alkyl halides is 3. The van der Waals surface area contributed by atoms with E-state index in [4.69, 9.17) is 4.98 Å². The second kappa shape index (κ2) is 13.0. The summed E-state index contributed by atoms with van der Waals surface area (Å²) in [4.78, 5) is 24.8. The van der Waals surface area contributed by atoms with Gasteiger partial charge < -0.3 is 19.3 Å². The lowest BCUT2D eigenvalue weighted by Gasteiger charge is -2.33. The van der Waals surface area contributed by atoms with Crippen molar-refractivity contribution in [1.82, 2.24) is 19.4 Å². The second-order valence-electron chi connectivity index (χ2n) is 11.8. The summed E-state index contributed by atoms with van der Waals surface area (Å²) in [7, 11) is 0. The zero-order chi connectivity index (χ0) is 30.6. The number of likely N-dealkylation sites (tertiary alicyclic amines) is 1. The third-order valence-electron chi connectivity index (χ3n) is 9.04. The Morgan fingerprint density at radius 1 is 0.841 bits per heavy atom. The van der Waals surface area contributed by atoms with Crippen LogP contribution in [0.15, 0.2) is 84.9 Å². The fourth-order valence-electron chi connectivity index (χ4n) is 6.73. The molecule has 0 bridgehead atoms. The van der Waals surface area contributed by atoms with Crippen molar-refractivity contribution in [3.05, 3.63) is 96.1 Å². The molecule has 1 unspecified atom stereocenters. The van der Waals surface area contributed by atoms with Crippen LogP contribution in [0.1, 0.15) is 35.2 Å². The Hall–Kier alpha value is -3.89. The van der Waals surface area contributed by atoms with E-state index in [9.17, 15) is 18.0 Å². The molecular weight excluding hydrogens is 567 g/mol. The average Bonchev–Trinajstić information content (AvgIpc) is 3.55. The Bertz CT molecular complexity index is 1550. The predicted molar refractivity (Wildman–Crippen MR) is 165 cm³/mol. The van der Waals surface area contributed by atoms with E-state index in [1.807, 2.05) is 70.1 Å². The molecular formula is C34H38F3N5O2. The summed E-state index contributed by atoms with van der Waals surface area (Å²) >= 11 is 0. The van der Waals surface area contributed by atoms with E-state index in [2.05, 4.69) is 38.8 Å². The van der Waals surface area contributed by atoms with Crippen LogP contribution in [0.5, 0.6) is 0 Å². The Labute approximate surface area is 255 Å². The Kier molecular flexibility index (Phi) is 8.91. The van der Waals surface area contributed by atoms with E-state index in [-0.39, 0.29) is 17.9 Å². The molecule has 0 aliphatic carbocycles. The number of hydrogen-bond acceptors (Lipinski definition) is 5. The first-order valence-electron chi connectivity index (χ1n) is 15.3. The number of nitrogens with zero attached hydrogens (tertiary/aromatic N) is 5. The first kappa shape index (κ1) is 30.1. The predicted octanol–water partition coefficient (Wildman–Crippen LogP) is 5.96. The molecule has 2 aliphatic heterocycles. The number of benzene rings is 3. The van der Waals surface area contributed by atoms with Gasteiger partial charge in [-0.25, -0.2) is 4.98 Å². The molecule has 0 radical (unpaired) electrons. The summed E-state index contributed by atoms with van der Waals surface area (Å²) in [5.74, 6) is 0.766. The number of amides is 1. The topological polar surface area (TPSA) is 53.8 Å². The van der Waals surface area contributed by atoms with Gasteiger partial charge in [0.15, 0.2) is 0 Å². The van der Waals surface area contributed by atoms with Crippen LogP contribution in [0, 0.1) is 0 Å². The molecule has 2 saturated heterocycles. The molecule has 3 aromatic carbocycles. The molecule has 0 N–H and O–H groups in total. The van der Waals surface area contributed by atoms with Gasteiger partial charge in [-0.2, -0.15) is 0 Å². The second-order valence-corrected chi connectivity index (χ2v) is 11.8. The van der Waals surface area contributed by atoms with Crippen molar-refractivity contribution in [3.8, 4) is 0 Å². The highest BCUT2D eigenvalue weighted by molar-refractivity contribution is 5.94. The van der Waals surface area contributed by atoms with Crippen LogP contribution in [0.2, 0.25) is 0 Å². The molecule has 10 heteroatoms. The third-order valence-corrected chi connectivity index (χ3v) is 9.04. The smallest absolute Gasteiger partial charge is 0.341 e. The molecule has 1 atom stereocenters. The van der Waals surface area contributed by atoms with Crippen molar-refractivity contribution < 1.29 is 22.7 Å². The van der Waals surface area contributed by atoms with Gasteiger partial charge in [0.05, 0.1) is 17.6 Å². The molecule has 2 aliphatic rings. The van der Waals surface area contributed by atoms with Crippen LogP contribution in [0.4, 0.5) is 19.1 Å². The van der Waals surface area contributed by atoms with Crippen LogP contribution in [0.25, 0.3) is 11.0 Å². The monoisotopic (exact) mass is 605 g/mol. The fraction of sp³-hybridized carbons (Fsp3) is 0.412. The van der Waals surface area contributed by atoms with Gasteiger partial charge in [-0.1, -0.05) is 60.7 Å². The van der Waals surface area contributed by atoms with Gasteiger partial charge in [0.1, 0.15) is 0 Å². The minimum atomic E-state index is -4.66. The van der Waals surface area contributed by atoms with Crippen LogP contribution in [-0.2, 0) is 16.7 Å². The average molecular weight is 606 g/mol. The normalized spacial score (nSPS) is 19.9. The van der Waals surface area contributed by atoms with Crippen LogP contribution < -0.4 is 4.90 Å². The summed E-state index contributed by atoms with van der Waals surface area (Å²) in [6.45, 7) is 5.13. The number of fused-ring (bicyclic) bond motifs is 1. The number of imidazole rings is 1. The highest BCUT2D eigenvalue weighted by atomic mass is 19.4. The number of carbonyl (C=O) groups is 1. The summed E-state index contributed by atoms with van der Waals surface area (Å²) in [6.07, 6.45) is -1.90. The Morgan fingerprint density at radius 3 is 2.34 bits per heavy atom. The maximum Gasteiger partial charge on any atom is 0.522 e. The maximum atomic E-state index is 13.3. The van der Waals surface area contributed by atoms with Crippen molar-refractivity contribution in [1.29, 1.82) is 0 Å². The highest BCUT2D eigenvalue weighted by Crippen LogP contribution is 2.39. The fourth-order valence-corrected chi connectivity index (χ4v) is 6.73. The van der Waals surface area contributed by atoms with Crippen LogP contribution in [0.3, 0.4) is 0 Å². The number of carbonyl (C=O) groups excluding carboxylic acids is 1. The van der Waals surface area contributed by atoms with E-state index in [1.54, 1.807) is 0 Å². The van der Waals surface area contributed by atoms with E-state index in [0.717, 1.165) is 75.1 Å². The summed E-state index contributed by atoms with van der Waals surface area (Å²) in [5.41, 5.74) is 3.44. The Balaban J connectivity index is 1.14. The van der Waals surface area contributed by atoms with Gasteiger partial charge in [-0.15, -0.1) is 13.2 Å². The highest BCUT2D eigenvalue weighted by Gasteiger charge is 2.41. The van der Waals surface area contributed by atoms with Crippen molar-refractivity contribution in [3.63, 3.8) is 0 Å². The number of halogens is 3. The number of hydrogen-bond donors (Lipinski definition) is 0. The van der Waals surface area contributed by atoms with Crippen LogP contribution >= 0.6 is 0 Å². The van der Waals surface area contributed by atoms with Gasteiger partial charge in [-0.3, -0.25) is 9.53 Å². The van der Waals surface area contributed by atoms with E-state index >= 15 is 0 Å². The lowest BCUT2D eigenvalue weighted by molar-refractivity contribution is -0.325. The number of para-hydroxylation sites is 2. The summed E-state index contributed by atoms with van der Waals surface area (Å²) in [6, 6.07) is 27.6. The van der Waals surface area contributed by atoms with Crippen molar-refractivity contribution >= 4 is 22.9 Å². The first-order valence-corrected chi connectivity index (χ1v) is 15.3. The zero-order valence-electron chi connectivity index (χ0n) is 24.8. The number of aromatic nitrogens is 2. The standard InChI is InChI=1S/C34H38F3N5O2/c35-34(36,37)44-25-24-42-30-15-8-7-14-29(30)38-32(42)40-19-9-18-39(22-23-40)20-16-33(28-12-5-2-6-13-28)17-21-41(26-33)31(43)27-10-3-1-4-11-27/h1-8,10-15H,9,16-26H2. The molecule has 3 heterocycles. The molecule has 0 saturated carbocycles. The molecule has 6 rings (SSSR count). The molecule has 44 heavy (non-hydrogen) atoms. The van der Waals surface area contributed by atoms with E-state index in [1.165, 1.54) is 5.56 Å². The molecule has 1 amide bonds. The number of ether oxygens (including phenoxy) is 1. The van der Waals surface area contributed by atoms with E-state index in [0.29, 0.717) is 12.5 Å². The SMILES string of the molecule is O=C(c1ccccc1)N1CCC(CCN2CCCN(c3nc4ccccc4n3CCOC(F)(F)F)CC2)(c2ccccc2)C1. The molecule has 4 aromatic rings. The lowest BCUT2D eigenvalue weighted by Crippen LogP contribution is -2.39. The van der Waals surface area contributed by atoms with E-state index < -0.39 is 13.0 Å². The number of rotatable bonds is 9. The lowest BCUT2D eigenvalue weighted by atomic mass is 9.76. The maximum absolute atomic E-state index is 13.3. The zero-order valence-corrected chi connectivity index (χ0v) is 24.8. The molecule has 0 spiro atoms. The molecule has 2 fully saturated rings. The first-order chi connectivity index (χ1) is 21.3. The molecule has 1 aromatic heterocycles. The minimum Gasteiger partial charge on any atom is -0.341 e. The van der Waals surface area contributed by atoms with Crippen molar-refractivity contribution in [2.75, 3.05) is 57.3 Å². The van der Waals surface area contributed by atoms with Gasteiger partial charge in [0.25, 0.3) is 5.91 Å². The quantitative estimate of drug-likeness (QED) is 0.236. The van der Waals surface area contributed by atoms with Gasteiger partial charge in [0.2, 0.25) is 5.95 Å². The Morgan fingerprint density at radius 2 is 1.57 bits per heavy atom. The third kappa shape index (κ3) is 6.76. The van der Waals surface area contributed by atoms with Crippen LogP contribution in [-0.4, -0.2) is 84.0 Å². The molecule has 7 nitrogen and oxygen atoms in total. The number of anilines is 1. The van der Waals surface area contributed by atoms with Crippen molar-refractivity contribution in [2.45, 2.75) is 37.6 Å². The summed E-state index contributed by atoms with van der Waals surface area (Å²) in [5, 5.41) is 0. The van der Waals surface area contributed by atoms with Gasteiger partial charge >= 0.3 is 6.36 Å².